The van der Waals surface area contributed by atoms with E-state index < -0.39 is 23.7 Å². The SMILES string of the molecule is C=C1/C(=C\C=C2/CCCC3(C)[C@@H]([C@H](C)/C=C/C(O)C4(C(=O)OCCCC)CC4)CC[C@@H]23)C[C@@H](O)C(C)C1O. The van der Waals surface area contributed by atoms with Crippen LogP contribution in [0.2, 0.25) is 0 Å². The van der Waals surface area contributed by atoms with Crippen molar-refractivity contribution >= 4 is 5.97 Å². The van der Waals surface area contributed by atoms with Crippen molar-refractivity contribution in [1.82, 2.24) is 0 Å². The zero-order valence-electron chi connectivity index (χ0n) is 24.0. The number of rotatable bonds is 9. The van der Waals surface area contributed by atoms with Gasteiger partial charge in [0, 0.05) is 5.92 Å². The summed E-state index contributed by atoms with van der Waals surface area (Å²) in [7, 11) is 0. The molecular weight excluding hydrogens is 476 g/mol. The van der Waals surface area contributed by atoms with Crippen molar-refractivity contribution in [3.05, 3.63) is 47.6 Å². The summed E-state index contributed by atoms with van der Waals surface area (Å²) < 4.78 is 5.45. The summed E-state index contributed by atoms with van der Waals surface area (Å²) in [5.41, 5.74) is 2.65. The Labute approximate surface area is 229 Å². The van der Waals surface area contributed by atoms with Gasteiger partial charge in [-0.3, -0.25) is 4.79 Å². The minimum Gasteiger partial charge on any atom is -0.465 e. The zero-order chi connectivity index (χ0) is 27.7. The summed E-state index contributed by atoms with van der Waals surface area (Å²) in [4.78, 5) is 12.6. The highest BCUT2D eigenvalue weighted by molar-refractivity contribution is 5.81. The van der Waals surface area contributed by atoms with Crippen LogP contribution in [0.1, 0.15) is 91.9 Å². The van der Waals surface area contributed by atoms with Gasteiger partial charge in [0.25, 0.3) is 0 Å². The standard InChI is InChI=1S/C33H50O5/c1-6-7-19-38-31(37)33(17-18-33)29(35)15-10-21(2)26-13-14-27-24(9-8-16-32(26,27)5)11-12-25-20-28(34)23(4)30(36)22(25)3/h10-12,15,21,23,26-30,34-36H,3,6-9,13-14,16-20H2,1-2,4-5H3/b15-10+,24-11+,25-12-/t21-,23?,26-,27+,28-,29?,30?,32?/m1/s1. The quantitative estimate of drug-likeness (QED) is 0.193. The van der Waals surface area contributed by atoms with E-state index in [4.69, 9.17) is 4.74 Å². The van der Waals surface area contributed by atoms with Gasteiger partial charge < -0.3 is 20.1 Å². The van der Waals surface area contributed by atoms with E-state index in [1.165, 1.54) is 12.0 Å². The molecule has 38 heavy (non-hydrogen) atoms. The molecule has 4 aliphatic rings. The minimum atomic E-state index is -0.783. The number of allylic oxidation sites excluding steroid dienone is 4. The molecule has 0 aromatic heterocycles. The molecule has 0 spiro atoms. The summed E-state index contributed by atoms with van der Waals surface area (Å²) >= 11 is 0. The number of unbranched alkanes of at least 4 members (excludes halogenated alkanes) is 1. The maximum absolute atomic E-state index is 12.6. The van der Waals surface area contributed by atoms with Crippen LogP contribution in [0, 0.1) is 34.5 Å². The summed E-state index contributed by atoms with van der Waals surface area (Å²) in [6.45, 7) is 13.2. The van der Waals surface area contributed by atoms with E-state index in [0.717, 1.165) is 49.7 Å². The summed E-state index contributed by atoms with van der Waals surface area (Å²) in [5, 5.41) is 31.8. The molecule has 3 N–H and O–H groups in total. The lowest BCUT2D eigenvalue weighted by molar-refractivity contribution is -0.153. The second-order valence-electron chi connectivity index (χ2n) is 13.0. The third-order valence-corrected chi connectivity index (χ3v) is 10.6. The lowest BCUT2D eigenvalue weighted by atomic mass is 9.61. The van der Waals surface area contributed by atoms with E-state index in [2.05, 4.69) is 45.6 Å². The molecule has 5 nitrogen and oxygen atoms in total. The lowest BCUT2D eigenvalue weighted by Gasteiger charge is -2.44. The van der Waals surface area contributed by atoms with Crippen LogP contribution in [0.3, 0.4) is 0 Å². The molecule has 0 heterocycles. The van der Waals surface area contributed by atoms with Crippen LogP contribution in [0.4, 0.5) is 0 Å². The average Bonchev–Trinajstić information content (AvgIpc) is 3.63. The van der Waals surface area contributed by atoms with Gasteiger partial charge in [0.2, 0.25) is 0 Å². The Balaban J connectivity index is 1.42. The van der Waals surface area contributed by atoms with Crippen molar-refractivity contribution in [2.75, 3.05) is 6.61 Å². The Bertz CT molecular complexity index is 972. The predicted octanol–water partition coefficient (Wildman–Crippen LogP) is 6.05. The molecule has 4 unspecified atom stereocenters. The van der Waals surface area contributed by atoms with Crippen LogP contribution in [0.25, 0.3) is 0 Å². The van der Waals surface area contributed by atoms with Crippen molar-refractivity contribution in [2.24, 2.45) is 34.5 Å². The molecule has 0 amide bonds. The third kappa shape index (κ3) is 5.62. The fourth-order valence-corrected chi connectivity index (χ4v) is 7.59. The molecule has 0 radical (unpaired) electrons. The second-order valence-corrected chi connectivity index (χ2v) is 13.0. The highest BCUT2D eigenvalue weighted by atomic mass is 16.5. The fraction of sp³-hybridized carbons (Fsp3) is 0.727. The van der Waals surface area contributed by atoms with Crippen molar-refractivity contribution in [2.45, 2.75) is 110 Å². The largest absolute Gasteiger partial charge is 0.465 e. The number of fused-ring (bicyclic) bond motifs is 1. The van der Waals surface area contributed by atoms with Crippen LogP contribution in [0.5, 0.6) is 0 Å². The molecule has 0 aliphatic heterocycles. The smallest absolute Gasteiger partial charge is 0.315 e. The first-order chi connectivity index (χ1) is 18.0. The Kier molecular flexibility index (Phi) is 9.11. The van der Waals surface area contributed by atoms with E-state index >= 15 is 0 Å². The summed E-state index contributed by atoms with van der Waals surface area (Å²) in [6.07, 6.45) is 15.9. The Morgan fingerprint density at radius 2 is 1.92 bits per heavy atom. The molecule has 8 atom stereocenters. The van der Waals surface area contributed by atoms with Crippen LogP contribution < -0.4 is 0 Å². The number of esters is 1. The number of carbonyl (C=O) groups is 1. The number of aliphatic hydroxyl groups excluding tert-OH is 3. The predicted molar refractivity (Wildman–Crippen MR) is 151 cm³/mol. The highest BCUT2D eigenvalue weighted by Gasteiger charge is 2.56. The molecule has 0 bridgehead atoms. The monoisotopic (exact) mass is 526 g/mol. The van der Waals surface area contributed by atoms with E-state index in [0.29, 0.717) is 43.6 Å². The second kappa shape index (κ2) is 11.8. The van der Waals surface area contributed by atoms with Gasteiger partial charge >= 0.3 is 5.97 Å². The summed E-state index contributed by atoms with van der Waals surface area (Å²) in [5.74, 6) is 0.931. The molecule has 4 rings (SSSR count). The molecule has 0 aromatic rings. The highest BCUT2D eigenvalue weighted by Crippen LogP contribution is 2.59. The van der Waals surface area contributed by atoms with E-state index in [1.54, 1.807) is 0 Å². The number of hydrogen-bond donors (Lipinski definition) is 3. The van der Waals surface area contributed by atoms with E-state index in [9.17, 15) is 20.1 Å². The first kappa shape index (κ1) is 29.3. The molecule has 212 valence electrons. The molecular formula is C33H50O5. The maximum Gasteiger partial charge on any atom is 0.315 e. The van der Waals surface area contributed by atoms with E-state index in [-0.39, 0.29) is 17.3 Å². The number of aliphatic hydroxyl groups is 3. The molecule has 0 saturated heterocycles. The Hall–Kier alpha value is -1.69. The molecule has 5 heteroatoms. The van der Waals surface area contributed by atoms with Gasteiger partial charge in [-0.05, 0) is 92.1 Å². The van der Waals surface area contributed by atoms with E-state index in [1.807, 2.05) is 13.0 Å². The van der Waals surface area contributed by atoms with Crippen LogP contribution in [-0.4, -0.2) is 46.2 Å². The molecule has 4 aliphatic carbocycles. The van der Waals surface area contributed by atoms with Gasteiger partial charge in [0.1, 0.15) is 0 Å². The van der Waals surface area contributed by atoms with Crippen molar-refractivity contribution in [3.63, 3.8) is 0 Å². The van der Waals surface area contributed by atoms with Gasteiger partial charge in [-0.2, -0.15) is 0 Å². The molecule has 4 saturated carbocycles. The number of carbonyl (C=O) groups excluding carboxylic acids is 1. The first-order valence-electron chi connectivity index (χ1n) is 15.0. The van der Waals surface area contributed by atoms with Gasteiger partial charge in [-0.1, -0.05) is 70.6 Å². The topological polar surface area (TPSA) is 87.0 Å². The van der Waals surface area contributed by atoms with Crippen LogP contribution in [-0.2, 0) is 9.53 Å². The van der Waals surface area contributed by atoms with Crippen molar-refractivity contribution in [1.29, 1.82) is 0 Å². The third-order valence-electron chi connectivity index (χ3n) is 10.6. The number of ether oxygens (including phenoxy) is 1. The minimum absolute atomic E-state index is 0.185. The van der Waals surface area contributed by atoms with Crippen LogP contribution in [0.15, 0.2) is 47.6 Å². The molecule has 0 aromatic carbocycles. The summed E-state index contributed by atoms with van der Waals surface area (Å²) in [6, 6.07) is 0. The van der Waals surface area contributed by atoms with Gasteiger partial charge in [-0.15, -0.1) is 0 Å². The van der Waals surface area contributed by atoms with Crippen LogP contribution >= 0.6 is 0 Å². The van der Waals surface area contributed by atoms with Gasteiger partial charge in [0.05, 0.1) is 30.3 Å². The fourth-order valence-electron chi connectivity index (χ4n) is 7.59. The van der Waals surface area contributed by atoms with Gasteiger partial charge in [-0.25, -0.2) is 0 Å². The molecule has 4 fully saturated rings. The Morgan fingerprint density at radius 1 is 1.18 bits per heavy atom. The average molecular weight is 527 g/mol. The number of hydrogen-bond acceptors (Lipinski definition) is 5. The van der Waals surface area contributed by atoms with Gasteiger partial charge in [0.15, 0.2) is 0 Å². The van der Waals surface area contributed by atoms with Crippen molar-refractivity contribution < 1.29 is 24.9 Å². The van der Waals surface area contributed by atoms with Crippen molar-refractivity contribution in [3.8, 4) is 0 Å². The normalized spacial score (nSPS) is 38.4. The lowest BCUT2D eigenvalue weighted by Crippen LogP contribution is -2.36. The maximum atomic E-state index is 12.6. The Morgan fingerprint density at radius 3 is 2.61 bits per heavy atom. The first-order valence-corrected chi connectivity index (χ1v) is 15.0. The zero-order valence-corrected chi connectivity index (χ0v) is 24.0.